The summed E-state index contributed by atoms with van der Waals surface area (Å²) >= 11 is 0. The molecule has 21 heavy (non-hydrogen) atoms. The number of hydrogen-bond acceptors (Lipinski definition) is 3. The van der Waals surface area contributed by atoms with Gasteiger partial charge in [0.15, 0.2) is 0 Å². The second kappa shape index (κ2) is 5.43. The first-order valence-corrected chi connectivity index (χ1v) is 7.49. The van der Waals surface area contributed by atoms with E-state index in [0.29, 0.717) is 12.0 Å². The van der Waals surface area contributed by atoms with E-state index in [1.54, 1.807) is 7.11 Å². The number of hydrogen-bond donors (Lipinski definition) is 1. The summed E-state index contributed by atoms with van der Waals surface area (Å²) in [6.45, 7) is 4.18. The molecule has 1 aliphatic carbocycles. The molecule has 0 bridgehead atoms. The molecular weight excluding hydrogens is 262 g/mol. The molecule has 1 aromatic heterocycles. The summed E-state index contributed by atoms with van der Waals surface area (Å²) in [5.74, 6) is 1.58. The number of aryl methyl sites for hydroxylation is 2. The van der Waals surface area contributed by atoms with Crippen molar-refractivity contribution in [3.63, 3.8) is 0 Å². The number of aromatic nitrogens is 2. The third-order valence-electron chi connectivity index (χ3n) is 4.58. The topological polar surface area (TPSA) is 39.1 Å². The lowest BCUT2D eigenvalue weighted by atomic mass is 9.76. The van der Waals surface area contributed by atoms with Crippen LogP contribution in [-0.4, -0.2) is 22.9 Å². The summed E-state index contributed by atoms with van der Waals surface area (Å²) in [6, 6.07) is 9.01. The van der Waals surface area contributed by atoms with Crippen molar-refractivity contribution in [1.82, 2.24) is 9.78 Å². The van der Waals surface area contributed by atoms with Crippen LogP contribution in [0.3, 0.4) is 0 Å². The molecule has 1 aromatic carbocycles. The predicted octanol–water partition coefficient (Wildman–Crippen LogP) is 3.40. The SMILES string of the molecule is COc1ccc(C2CC(Nc3c(C)nn(C)c3C)C2)cc1. The molecule has 112 valence electrons. The molecule has 4 heteroatoms. The van der Waals surface area contributed by atoms with Gasteiger partial charge in [0.1, 0.15) is 5.75 Å². The van der Waals surface area contributed by atoms with Crippen LogP contribution in [0.5, 0.6) is 5.75 Å². The molecule has 0 atom stereocenters. The highest BCUT2D eigenvalue weighted by atomic mass is 16.5. The molecule has 0 amide bonds. The third-order valence-corrected chi connectivity index (χ3v) is 4.58. The minimum atomic E-state index is 0.554. The van der Waals surface area contributed by atoms with E-state index in [9.17, 15) is 0 Å². The number of nitrogens with zero attached hydrogens (tertiary/aromatic N) is 2. The highest BCUT2D eigenvalue weighted by Gasteiger charge is 2.31. The van der Waals surface area contributed by atoms with Crippen LogP contribution in [0.2, 0.25) is 0 Å². The van der Waals surface area contributed by atoms with Crippen molar-refractivity contribution in [2.24, 2.45) is 7.05 Å². The molecular formula is C17H23N3O. The summed E-state index contributed by atoms with van der Waals surface area (Å²) in [6.07, 6.45) is 2.36. The quantitative estimate of drug-likeness (QED) is 0.935. The standard InChI is InChI=1S/C17H23N3O/c1-11-17(12(2)20(3)19-11)18-15-9-14(10-15)13-5-7-16(21-4)8-6-13/h5-8,14-15,18H,9-10H2,1-4H3. The first kappa shape index (κ1) is 14.0. The van der Waals surface area contributed by atoms with Gasteiger partial charge >= 0.3 is 0 Å². The number of nitrogens with one attached hydrogen (secondary N) is 1. The van der Waals surface area contributed by atoms with Gasteiger partial charge in [-0.05, 0) is 50.3 Å². The van der Waals surface area contributed by atoms with Crippen molar-refractivity contribution in [2.75, 3.05) is 12.4 Å². The number of benzene rings is 1. The van der Waals surface area contributed by atoms with Crippen LogP contribution >= 0.6 is 0 Å². The van der Waals surface area contributed by atoms with Gasteiger partial charge in [0, 0.05) is 13.1 Å². The molecule has 0 spiro atoms. The van der Waals surface area contributed by atoms with Gasteiger partial charge in [0.2, 0.25) is 0 Å². The predicted molar refractivity (Wildman–Crippen MR) is 85.1 cm³/mol. The van der Waals surface area contributed by atoms with Crippen LogP contribution in [0.15, 0.2) is 24.3 Å². The van der Waals surface area contributed by atoms with Crippen molar-refractivity contribution < 1.29 is 4.74 Å². The minimum Gasteiger partial charge on any atom is -0.497 e. The summed E-state index contributed by atoms with van der Waals surface area (Å²) in [7, 11) is 3.70. The van der Waals surface area contributed by atoms with Crippen molar-refractivity contribution in [3.8, 4) is 5.75 Å². The van der Waals surface area contributed by atoms with Crippen LogP contribution in [-0.2, 0) is 7.05 Å². The van der Waals surface area contributed by atoms with Gasteiger partial charge < -0.3 is 10.1 Å². The molecule has 2 aromatic rings. The summed E-state index contributed by atoms with van der Waals surface area (Å²) < 4.78 is 7.15. The van der Waals surface area contributed by atoms with Crippen LogP contribution in [0.4, 0.5) is 5.69 Å². The largest absolute Gasteiger partial charge is 0.497 e. The Labute approximate surface area is 126 Å². The Morgan fingerprint density at radius 1 is 1.19 bits per heavy atom. The van der Waals surface area contributed by atoms with Gasteiger partial charge in [-0.3, -0.25) is 4.68 Å². The van der Waals surface area contributed by atoms with E-state index in [4.69, 9.17) is 4.74 Å². The molecule has 4 nitrogen and oxygen atoms in total. The number of methoxy groups -OCH3 is 1. The van der Waals surface area contributed by atoms with E-state index in [1.165, 1.54) is 29.8 Å². The van der Waals surface area contributed by atoms with Gasteiger partial charge in [-0.1, -0.05) is 12.1 Å². The van der Waals surface area contributed by atoms with Gasteiger partial charge in [0.25, 0.3) is 0 Å². The Balaban J connectivity index is 1.60. The zero-order valence-corrected chi connectivity index (χ0v) is 13.2. The highest BCUT2D eigenvalue weighted by molar-refractivity contribution is 5.53. The number of rotatable bonds is 4. The lowest BCUT2D eigenvalue weighted by Gasteiger charge is -2.37. The Morgan fingerprint density at radius 2 is 1.86 bits per heavy atom. The van der Waals surface area contributed by atoms with E-state index >= 15 is 0 Å². The van der Waals surface area contributed by atoms with Gasteiger partial charge in [-0.2, -0.15) is 5.10 Å². The molecule has 0 unspecified atom stereocenters. The lowest BCUT2D eigenvalue weighted by Crippen LogP contribution is -2.34. The minimum absolute atomic E-state index is 0.554. The van der Waals surface area contributed by atoms with E-state index in [1.807, 2.05) is 23.9 Å². The van der Waals surface area contributed by atoms with E-state index in [0.717, 1.165) is 11.4 Å². The Kier molecular flexibility index (Phi) is 3.62. The lowest BCUT2D eigenvalue weighted by molar-refractivity contribution is 0.372. The van der Waals surface area contributed by atoms with Crippen LogP contribution < -0.4 is 10.1 Å². The fourth-order valence-corrected chi connectivity index (χ4v) is 3.07. The molecule has 1 heterocycles. The van der Waals surface area contributed by atoms with Crippen molar-refractivity contribution >= 4 is 5.69 Å². The average molecular weight is 285 g/mol. The Bertz CT molecular complexity index is 624. The second-order valence-corrected chi connectivity index (χ2v) is 5.95. The first-order chi connectivity index (χ1) is 10.1. The monoisotopic (exact) mass is 285 g/mol. The van der Waals surface area contributed by atoms with Crippen molar-refractivity contribution in [3.05, 3.63) is 41.2 Å². The van der Waals surface area contributed by atoms with E-state index in [-0.39, 0.29) is 0 Å². The van der Waals surface area contributed by atoms with E-state index in [2.05, 4.69) is 36.4 Å². The number of anilines is 1. The molecule has 1 aliphatic rings. The summed E-state index contributed by atoms with van der Waals surface area (Å²) in [5.41, 5.74) is 4.91. The maximum absolute atomic E-state index is 5.21. The third kappa shape index (κ3) is 2.62. The molecule has 1 saturated carbocycles. The zero-order valence-electron chi connectivity index (χ0n) is 13.2. The molecule has 0 aliphatic heterocycles. The maximum atomic E-state index is 5.21. The Hall–Kier alpha value is -1.97. The molecule has 1 fully saturated rings. The zero-order chi connectivity index (χ0) is 15.0. The molecule has 3 rings (SSSR count). The number of ether oxygens (including phenoxy) is 1. The van der Waals surface area contributed by atoms with Crippen LogP contribution in [0, 0.1) is 13.8 Å². The van der Waals surface area contributed by atoms with Crippen LogP contribution in [0.1, 0.15) is 35.7 Å². The van der Waals surface area contributed by atoms with Gasteiger partial charge in [-0.25, -0.2) is 0 Å². The maximum Gasteiger partial charge on any atom is 0.118 e. The fraction of sp³-hybridized carbons (Fsp3) is 0.471. The summed E-state index contributed by atoms with van der Waals surface area (Å²) in [5, 5.41) is 8.11. The molecule has 0 saturated heterocycles. The van der Waals surface area contributed by atoms with E-state index < -0.39 is 0 Å². The normalized spacial score (nSPS) is 21.0. The van der Waals surface area contributed by atoms with Gasteiger partial charge in [0.05, 0.1) is 24.2 Å². The fourth-order valence-electron chi connectivity index (χ4n) is 3.07. The van der Waals surface area contributed by atoms with Crippen molar-refractivity contribution in [1.29, 1.82) is 0 Å². The average Bonchev–Trinajstić information content (AvgIpc) is 2.68. The van der Waals surface area contributed by atoms with Crippen molar-refractivity contribution in [2.45, 2.75) is 38.6 Å². The smallest absolute Gasteiger partial charge is 0.118 e. The van der Waals surface area contributed by atoms with Gasteiger partial charge in [-0.15, -0.1) is 0 Å². The van der Waals surface area contributed by atoms with Crippen LogP contribution in [0.25, 0.3) is 0 Å². The summed E-state index contributed by atoms with van der Waals surface area (Å²) in [4.78, 5) is 0. The highest BCUT2D eigenvalue weighted by Crippen LogP contribution is 2.39. The molecule has 0 radical (unpaired) electrons. The second-order valence-electron chi connectivity index (χ2n) is 5.95. The molecule has 1 N–H and O–H groups in total. The first-order valence-electron chi connectivity index (χ1n) is 7.49. The Morgan fingerprint density at radius 3 is 2.38 bits per heavy atom.